The fraction of sp³-hybridized carbons (Fsp3) is 0.462. The number of hydrogen-bond acceptors (Lipinski definition) is 3. The third kappa shape index (κ3) is 4.16. The topological polar surface area (TPSA) is 50.5 Å². The average Bonchev–Trinajstić information content (AvgIpc) is 2.84. The summed E-state index contributed by atoms with van der Waals surface area (Å²) >= 11 is 4.77. The summed E-state index contributed by atoms with van der Waals surface area (Å²) in [5, 5.41) is 3.15. The second-order valence-corrected chi connectivity index (χ2v) is 4.85. The van der Waals surface area contributed by atoms with Crippen LogP contribution in [0.2, 0.25) is 0 Å². The number of nitrogens with zero attached hydrogens (tertiary/aromatic N) is 1. The first-order valence-electron chi connectivity index (χ1n) is 6.26. The van der Waals surface area contributed by atoms with E-state index in [0.29, 0.717) is 0 Å². The minimum absolute atomic E-state index is 0.276. The van der Waals surface area contributed by atoms with Crippen molar-refractivity contribution in [2.24, 2.45) is 5.73 Å². The zero-order chi connectivity index (χ0) is 12.8. The van der Waals surface area contributed by atoms with Crippen LogP contribution in [0.25, 0.3) is 0 Å². The number of nitrogens with one attached hydrogen (secondary N) is 1. The summed E-state index contributed by atoms with van der Waals surface area (Å²) in [6, 6.07) is 7.66. The second-order valence-electron chi connectivity index (χ2n) is 4.41. The molecule has 0 unspecified atom stereocenters. The van der Waals surface area contributed by atoms with Gasteiger partial charge in [0, 0.05) is 12.2 Å². The van der Waals surface area contributed by atoms with E-state index in [2.05, 4.69) is 10.2 Å². The molecule has 0 spiro atoms. The molecule has 1 fully saturated rings. The maximum atomic E-state index is 5.69. The number of likely N-dealkylation sites (tertiary alicyclic amines) is 1. The van der Waals surface area contributed by atoms with Crippen molar-refractivity contribution in [3.05, 3.63) is 24.3 Å². The Morgan fingerprint density at radius 1 is 1.28 bits per heavy atom. The summed E-state index contributed by atoms with van der Waals surface area (Å²) < 4.78 is 5.69. The molecule has 2 rings (SSSR count). The van der Waals surface area contributed by atoms with Gasteiger partial charge in [-0.2, -0.15) is 0 Å². The van der Waals surface area contributed by atoms with E-state index >= 15 is 0 Å². The lowest BCUT2D eigenvalue weighted by Crippen LogP contribution is -2.25. The normalized spacial score (nSPS) is 15.6. The third-order valence-electron chi connectivity index (χ3n) is 3.00. The molecule has 1 heterocycles. The van der Waals surface area contributed by atoms with E-state index in [1.54, 1.807) is 0 Å². The van der Waals surface area contributed by atoms with Gasteiger partial charge in [0.25, 0.3) is 0 Å². The van der Waals surface area contributed by atoms with Crippen molar-refractivity contribution in [1.29, 1.82) is 0 Å². The Balaban J connectivity index is 1.73. The molecule has 0 aliphatic carbocycles. The fourth-order valence-electron chi connectivity index (χ4n) is 2.08. The van der Waals surface area contributed by atoms with Gasteiger partial charge in [0.2, 0.25) is 0 Å². The first-order chi connectivity index (χ1) is 8.74. The van der Waals surface area contributed by atoms with Gasteiger partial charge in [-0.3, -0.25) is 4.90 Å². The molecular weight excluding hydrogens is 246 g/mol. The first kappa shape index (κ1) is 13.1. The predicted octanol–water partition coefficient (Wildman–Crippen LogP) is 1.82. The monoisotopic (exact) mass is 265 g/mol. The zero-order valence-corrected chi connectivity index (χ0v) is 11.2. The Morgan fingerprint density at radius 3 is 2.56 bits per heavy atom. The Kier molecular flexibility index (Phi) is 4.78. The molecule has 4 nitrogen and oxygen atoms in total. The molecular formula is C13H19N3OS. The lowest BCUT2D eigenvalue weighted by atomic mass is 10.3. The molecule has 98 valence electrons. The van der Waals surface area contributed by atoms with Crippen LogP contribution in [0.1, 0.15) is 12.8 Å². The highest BCUT2D eigenvalue weighted by Gasteiger charge is 2.10. The number of thiocarbonyl (C=S) groups is 1. The lowest BCUT2D eigenvalue weighted by molar-refractivity contribution is 0.238. The van der Waals surface area contributed by atoms with E-state index in [1.165, 1.54) is 25.9 Å². The van der Waals surface area contributed by atoms with Gasteiger partial charge < -0.3 is 15.8 Å². The van der Waals surface area contributed by atoms with Gasteiger partial charge in [0.1, 0.15) is 12.4 Å². The summed E-state index contributed by atoms with van der Waals surface area (Å²) in [6.07, 6.45) is 2.64. The van der Waals surface area contributed by atoms with Crippen LogP contribution < -0.4 is 15.8 Å². The summed E-state index contributed by atoms with van der Waals surface area (Å²) in [5.41, 5.74) is 6.28. The van der Waals surface area contributed by atoms with Gasteiger partial charge in [-0.15, -0.1) is 0 Å². The Morgan fingerprint density at radius 2 is 1.94 bits per heavy atom. The highest BCUT2D eigenvalue weighted by Crippen LogP contribution is 2.15. The SMILES string of the molecule is NC(=S)Nc1ccc(OCCN2CCCC2)cc1. The van der Waals surface area contributed by atoms with Gasteiger partial charge in [0.15, 0.2) is 5.11 Å². The van der Waals surface area contributed by atoms with Gasteiger partial charge in [-0.1, -0.05) is 0 Å². The van der Waals surface area contributed by atoms with Crippen LogP contribution in [0.4, 0.5) is 5.69 Å². The quantitative estimate of drug-likeness (QED) is 0.795. The summed E-state index contributed by atoms with van der Waals surface area (Å²) in [4.78, 5) is 2.43. The maximum absolute atomic E-state index is 5.69. The number of benzene rings is 1. The van der Waals surface area contributed by atoms with Crippen molar-refractivity contribution in [2.75, 3.05) is 31.6 Å². The Bertz CT molecular complexity index is 388. The highest BCUT2D eigenvalue weighted by atomic mass is 32.1. The molecule has 1 saturated heterocycles. The van der Waals surface area contributed by atoms with Crippen molar-refractivity contribution in [1.82, 2.24) is 4.90 Å². The molecule has 5 heteroatoms. The van der Waals surface area contributed by atoms with Gasteiger partial charge in [-0.05, 0) is 62.4 Å². The predicted molar refractivity (Wildman–Crippen MR) is 78.0 cm³/mol. The van der Waals surface area contributed by atoms with E-state index < -0.39 is 0 Å². The van der Waals surface area contributed by atoms with Crippen LogP contribution >= 0.6 is 12.2 Å². The van der Waals surface area contributed by atoms with Crippen LogP contribution in [0.5, 0.6) is 5.75 Å². The van der Waals surface area contributed by atoms with Crippen LogP contribution in [0.15, 0.2) is 24.3 Å². The minimum atomic E-state index is 0.276. The lowest BCUT2D eigenvalue weighted by Gasteiger charge is -2.15. The fourth-order valence-corrected chi connectivity index (χ4v) is 2.19. The zero-order valence-electron chi connectivity index (χ0n) is 10.4. The van der Waals surface area contributed by atoms with Crippen molar-refractivity contribution in [3.8, 4) is 5.75 Å². The van der Waals surface area contributed by atoms with Gasteiger partial charge in [0.05, 0.1) is 0 Å². The standard InChI is InChI=1S/C13H19N3OS/c14-13(18)15-11-3-5-12(6-4-11)17-10-9-16-7-1-2-8-16/h3-6H,1-2,7-10H2,(H3,14,15,18). The van der Waals surface area contributed by atoms with Crippen molar-refractivity contribution >= 4 is 23.0 Å². The molecule has 0 aromatic heterocycles. The number of rotatable bonds is 5. The van der Waals surface area contributed by atoms with Crippen molar-refractivity contribution < 1.29 is 4.74 Å². The van der Waals surface area contributed by atoms with Crippen molar-refractivity contribution in [3.63, 3.8) is 0 Å². The molecule has 1 aromatic carbocycles. The third-order valence-corrected chi connectivity index (χ3v) is 3.10. The molecule has 0 bridgehead atoms. The highest BCUT2D eigenvalue weighted by molar-refractivity contribution is 7.80. The van der Waals surface area contributed by atoms with Crippen LogP contribution in [-0.4, -0.2) is 36.3 Å². The summed E-state index contributed by atoms with van der Waals surface area (Å²) in [5.74, 6) is 0.877. The smallest absolute Gasteiger partial charge is 0.168 e. The van der Waals surface area contributed by atoms with E-state index in [9.17, 15) is 0 Å². The molecule has 1 aliphatic heterocycles. The molecule has 0 amide bonds. The van der Waals surface area contributed by atoms with Crippen LogP contribution in [0, 0.1) is 0 Å². The minimum Gasteiger partial charge on any atom is -0.492 e. The first-order valence-corrected chi connectivity index (χ1v) is 6.66. The molecule has 0 radical (unpaired) electrons. The molecule has 1 aromatic rings. The number of ether oxygens (including phenoxy) is 1. The van der Waals surface area contributed by atoms with Crippen LogP contribution in [-0.2, 0) is 0 Å². The van der Waals surface area contributed by atoms with Gasteiger partial charge in [-0.25, -0.2) is 0 Å². The van der Waals surface area contributed by atoms with Crippen LogP contribution in [0.3, 0.4) is 0 Å². The van der Waals surface area contributed by atoms with E-state index in [1.807, 2.05) is 24.3 Å². The molecule has 0 atom stereocenters. The number of hydrogen-bond donors (Lipinski definition) is 2. The Hall–Kier alpha value is -1.33. The average molecular weight is 265 g/mol. The van der Waals surface area contributed by atoms with Crippen molar-refractivity contribution in [2.45, 2.75) is 12.8 Å². The van der Waals surface area contributed by atoms with E-state index in [-0.39, 0.29) is 5.11 Å². The number of nitrogens with two attached hydrogens (primary N) is 1. The molecule has 0 saturated carbocycles. The molecule has 1 aliphatic rings. The maximum Gasteiger partial charge on any atom is 0.168 e. The van der Waals surface area contributed by atoms with Gasteiger partial charge >= 0.3 is 0 Å². The molecule has 18 heavy (non-hydrogen) atoms. The van der Waals surface area contributed by atoms with E-state index in [0.717, 1.165) is 24.6 Å². The van der Waals surface area contributed by atoms with E-state index in [4.69, 9.17) is 22.7 Å². The summed E-state index contributed by atoms with van der Waals surface area (Å²) in [7, 11) is 0. The Labute approximate surface area is 113 Å². The molecule has 3 N–H and O–H groups in total. The largest absolute Gasteiger partial charge is 0.492 e. The second kappa shape index (κ2) is 6.56. The summed E-state index contributed by atoms with van der Waals surface area (Å²) in [6.45, 7) is 4.16. The number of anilines is 1.